The third kappa shape index (κ3) is 5.04. The Morgan fingerprint density at radius 3 is 2.52 bits per heavy atom. The molecule has 13 heteroatoms. The number of rotatable bonds is 6. The van der Waals surface area contributed by atoms with E-state index in [9.17, 15) is 18.0 Å². The van der Waals surface area contributed by atoms with E-state index in [2.05, 4.69) is 30.7 Å². The molecule has 3 aromatic rings. The van der Waals surface area contributed by atoms with Crippen LogP contribution in [0.4, 0.5) is 18.9 Å². The molecule has 0 saturated carbocycles. The summed E-state index contributed by atoms with van der Waals surface area (Å²) in [5.74, 6) is -0.591. The minimum absolute atomic E-state index is 0.0312. The van der Waals surface area contributed by atoms with E-state index < -0.39 is 6.36 Å². The first kappa shape index (κ1) is 20.6. The van der Waals surface area contributed by atoms with E-state index in [4.69, 9.17) is 0 Å². The van der Waals surface area contributed by atoms with Gasteiger partial charge in [0.15, 0.2) is 0 Å². The number of benzene rings is 1. The summed E-state index contributed by atoms with van der Waals surface area (Å²) in [5.41, 5.74) is 2.60. The second-order valence-corrected chi connectivity index (χ2v) is 6.86. The van der Waals surface area contributed by atoms with Crippen LogP contribution in [0.2, 0.25) is 0 Å². The van der Waals surface area contributed by atoms with Crippen molar-refractivity contribution in [3.8, 4) is 11.4 Å². The number of alkyl halides is 3. The Bertz CT molecular complexity index is 1010. The molecule has 0 unspecified atom stereocenters. The standard InChI is InChI=1S/C16H16F3N7O2S/c1-9-14(10(2)25(3)22-9)20-13(27)8-29-15-21-23-24-26(15)11-4-6-12(7-5-11)28-16(17,18)19/h4-7H,8H2,1-3H3,(H,20,27). The van der Waals surface area contributed by atoms with E-state index in [1.807, 2.05) is 6.92 Å². The molecule has 0 atom stereocenters. The SMILES string of the molecule is Cc1nn(C)c(C)c1NC(=O)CSc1nnnn1-c1ccc(OC(F)(F)F)cc1. The summed E-state index contributed by atoms with van der Waals surface area (Å²) in [7, 11) is 1.78. The van der Waals surface area contributed by atoms with Crippen molar-refractivity contribution < 1.29 is 22.7 Å². The van der Waals surface area contributed by atoms with Crippen LogP contribution in [0.15, 0.2) is 29.4 Å². The first-order valence-electron chi connectivity index (χ1n) is 8.21. The fraction of sp³-hybridized carbons (Fsp3) is 0.312. The third-order valence-corrected chi connectivity index (χ3v) is 4.78. The summed E-state index contributed by atoms with van der Waals surface area (Å²) >= 11 is 1.08. The van der Waals surface area contributed by atoms with Crippen LogP contribution in [0.3, 0.4) is 0 Å². The van der Waals surface area contributed by atoms with Gasteiger partial charge in [0.25, 0.3) is 0 Å². The van der Waals surface area contributed by atoms with Gasteiger partial charge in [0.2, 0.25) is 11.1 Å². The number of aryl methyl sites for hydroxylation is 2. The van der Waals surface area contributed by atoms with Crippen molar-refractivity contribution >= 4 is 23.4 Å². The first-order valence-corrected chi connectivity index (χ1v) is 9.20. The zero-order valence-electron chi connectivity index (χ0n) is 15.6. The van der Waals surface area contributed by atoms with Gasteiger partial charge >= 0.3 is 6.36 Å². The molecule has 0 aliphatic carbocycles. The summed E-state index contributed by atoms with van der Waals surface area (Å²) in [6.07, 6.45) is -4.77. The number of hydrogen-bond donors (Lipinski definition) is 1. The van der Waals surface area contributed by atoms with Crippen LogP contribution in [-0.2, 0) is 11.8 Å². The van der Waals surface area contributed by atoms with Crippen LogP contribution < -0.4 is 10.1 Å². The van der Waals surface area contributed by atoms with E-state index in [1.54, 1.807) is 18.7 Å². The molecule has 0 radical (unpaired) electrons. The van der Waals surface area contributed by atoms with Crippen molar-refractivity contribution in [2.75, 3.05) is 11.1 Å². The van der Waals surface area contributed by atoms with Crippen molar-refractivity contribution in [3.05, 3.63) is 35.7 Å². The molecule has 9 nitrogen and oxygen atoms in total. The van der Waals surface area contributed by atoms with Crippen LogP contribution in [0.5, 0.6) is 5.75 Å². The number of carbonyl (C=O) groups is 1. The monoisotopic (exact) mass is 427 g/mol. The van der Waals surface area contributed by atoms with Crippen LogP contribution in [0.1, 0.15) is 11.4 Å². The Labute approximate surface area is 167 Å². The van der Waals surface area contributed by atoms with Crippen LogP contribution in [-0.4, -0.2) is 48.0 Å². The highest BCUT2D eigenvalue weighted by molar-refractivity contribution is 7.99. The van der Waals surface area contributed by atoms with Gasteiger partial charge in [-0.3, -0.25) is 9.48 Å². The Balaban J connectivity index is 1.65. The van der Waals surface area contributed by atoms with Crippen LogP contribution >= 0.6 is 11.8 Å². The highest BCUT2D eigenvalue weighted by Crippen LogP contribution is 2.25. The number of anilines is 1. The van der Waals surface area contributed by atoms with E-state index in [0.717, 1.165) is 29.6 Å². The smallest absolute Gasteiger partial charge is 0.406 e. The highest BCUT2D eigenvalue weighted by Gasteiger charge is 2.31. The van der Waals surface area contributed by atoms with E-state index in [1.165, 1.54) is 16.8 Å². The third-order valence-electron chi connectivity index (χ3n) is 3.86. The minimum atomic E-state index is -4.77. The molecule has 2 heterocycles. The number of tetrazole rings is 1. The maximum absolute atomic E-state index is 12.3. The number of ether oxygens (including phenoxy) is 1. The molecule has 0 spiro atoms. The van der Waals surface area contributed by atoms with Gasteiger partial charge in [-0.05, 0) is 48.5 Å². The molecule has 154 valence electrons. The van der Waals surface area contributed by atoms with Crippen LogP contribution in [0.25, 0.3) is 5.69 Å². The van der Waals surface area contributed by atoms with Gasteiger partial charge < -0.3 is 10.1 Å². The molecular weight excluding hydrogens is 411 g/mol. The second-order valence-electron chi connectivity index (χ2n) is 5.92. The number of nitrogens with one attached hydrogen (secondary N) is 1. The molecule has 29 heavy (non-hydrogen) atoms. The maximum atomic E-state index is 12.3. The predicted octanol–water partition coefficient (Wildman–Crippen LogP) is 2.64. The van der Waals surface area contributed by atoms with Crippen molar-refractivity contribution in [1.82, 2.24) is 30.0 Å². The molecule has 0 bridgehead atoms. The Kier molecular flexibility index (Phi) is 5.77. The quantitative estimate of drug-likeness (QED) is 0.604. The average Bonchev–Trinajstić information content (AvgIpc) is 3.19. The summed E-state index contributed by atoms with van der Waals surface area (Å²) in [6, 6.07) is 5.06. The first-order chi connectivity index (χ1) is 13.6. The van der Waals surface area contributed by atoms with Gasteiger partial charge in [-0.25, -0.2) is 0 Å². The number of halogens is 3. The predicted molar refractivity (Wildman–Crippen MR) is 97.9 cm³/mol. The van der Waals surface area contributed by atoms with E-state index in [0.29, 0.717) is 22.2 Å². The van der Waals surface area contributed by atoms with Crippen molar-refractivity contribution in [3.63, 3.8) is 0 Å². The molecule has 1 N–H and O–H groups in total. The largest absolute Gasteiger partial charge is 0.573 e. The van der Waals surface area contributed by atoms with Gasteiger partial charge in [0, 0.05) is 7.05 Å². The Morgan fingerprint density at radius 2 is 1.93 bits per heavy atom. The normalized spacial score (nSPS) is 11.5. The summed E-state index contributed by atoms with van der Waals surface area (Å²) in [6.45, 7) is 3.64. The lowest BCUT2D eigenvalue weighted by atomic mass is 10.3. The molecular formula is C16H16F3N7O2S. The lowest BCUT2D eigenvalue weighted by Crippen LogP contribution is -2.17. The summed E-state index contributed by atoms with van der Waals surface area (Å²) < 4.78 is 43.6. The molecule has 0 aliphatic rings. The van der Waals surface area contributed by atoms with Gasteiger partial charge in [-0.15, -0.1) is 18.3 Å². The van der Waals surface area contributed by atoms with Crippen molar-refractivity contribution in [2.45, 2.75) is 25.4 Å². The molecule has 2 aromatic heterocycles. The molecule has 3 rings (SSSR count). The Morgan fingerprint density at radius 1 is 1.24 bits per heavy atom. The van der Waals surface area contributed by atoms with E-state index in [-0.39, 0.29) is 17.4 Å². The van der Waals surface area contributed by atoms with E-state index >= 15 is 0 Å². The molecule has 0 saturated heterocycles. The lowest BCUT2D eigenvalue weighted by molar-refractivity contribution is -0.274. The lowest BCUT2D eigenvalue weighted by Gasteiger charge is -2.09. The fourth-order valence-electron chi connectivity index (χ4n) is 2.48. The second kappa shape index (κ2) is 8.11. The zero-order chi connectivity index (χ0) is 21.2. The van der Waals surface area contributed by atoms with Gasteiger partial charge in [-0.2, -0.15) is 9.78 Å². The number of carbonyl (C=O) groups excluding carboxylic acids is 1. The Hall–Kier alpha value is -3.09. The topological polar surface area (TPSA) is 99.8 Å². The van der Waals surface area contributed by atoms with Crippen LogP contribution in [0, 0.1) is 13.8 Å². The highest BCUT2D eigenvalue weighted by atomic mass is 32.2. The summed E-state index contributed by atoms with van der Waals surface area (Å²) in [5, 5.41) is 18.6. The minimum Gasteiger partial charge on any atom is -0.406 e. The molecule has 0 fully saturated rings. The van der Waals surface area contributed by atoms with Gasteiger partial charge in [0.1, 0.15) is 5.75 Å². The number of aromatic nitrogens is 6. The van der Waals surface area contributed by atoms with Crippen molar-refractivity contribution in [2.24, 2.45) is 7.05 Å². The molecule has 0 aliphatic heterocycles. The average molecular weight is 427 g/mol. The molecule has 1 aromatic carbocycles. The number of amides is 1. The van der Waals surface area contributed by atoms with Gasteiger partial charge in [-0.1, -0.05) is 11.8 Å². The van der Waals surface area contributed by atoms with Gasteiger partial charge in [0.05, 0.1) is 28.5 Å². The fourth-order valence-corrected chi connectivity index (χ4v) is 3.17. The maximum Gasteiger partial charge on any atom is 0.573 e. The van der Waals surface area contributed by atoms with Crippen molar-refractivity contribution in [1.29, 1.82) is 0 Å². The number of nitrogens with zero attached hydrogens (tertiary/aromatic N) is 6. The summed E-state index contributed by atoms with van der Waals surface area (Å²) in [4.78, 5) is 12.3. The zero-order valence-corrected chi connectivity index (χ0v) is 16.4. The molecule has 1 amide bonds. The number of thioether (sulfide) groups is 1. The number of hydrogen-bond acceptors (Lipinski definition) is 7.